The molecule has 0 saturated heterocycles. The predicted octanol–water partition coefficient (Wildman–Crippen LogP) is 4.39. The summed E-state index contributed by atoms with van der Waals surface area (Å²) in [5, 5.41) is 8.14. The molecule has 2 fully saturated rings. The number of rotatable bonds is 3. The van der Waals surface area contributed by atoms with Gasteiger partial charge in [0.2, 0.25) is 0 Å². The van der Waals surface area contributed by atoms with E-state index in [2.05, 4.69) is 20.4 Å². The van der Waals surface area contributed by atoms with Crippen LogP contribution in [0.2, 0.25) is 0 Å². The van der Waals surface area contributed by atoms with Crippen molar-refractivity contribution in [1.29, 1.82) is 0 Å². The van der Waals surface area contributed by atoms with Crippen molar-refractivity contribution in [2.24, 2.45) is 0 Å². The minimum atomic E-state index is -1.10. The average Bonchev–Trinajstić information content (AvgIpc) is 3.21. The molecule has 8 heteroatoms. The summed E-state index contributed by atoms with van der Waals surface area (Å²) in [4.78, 5) is 25.1. The molecule has 0 spiro atoms. The maximum Gasteiger partial charge on any atom is 0.262 e. The van der Waals surface area contributed by atoms with E-state index in [9.17, 15) is 9.18 Å². The standard InChI is InChI=1S/C20H24FN5OS/c1-11-23-16(10-28-11)13-3-4-14(13)17-24-18-15(19(27)25-17)9-22-26(18)12-5-7-20(2,21)8-6-12/h9-10,12-14H,3-8H2,1-2H3,(H,24,25,27)/t12?,13-,14?,20?/m0/s1. The monoisotopic (exact) mass is 401 g/mol. The number of fused-ring (bicyclic) bond motifs is 1. The van der Waals surface area contributed by atoms with Crippen LogP contribution in [-0.4, -0.2) is 30.4 Å². The Hall–Kier alpha value is -2.09. The van der Waals surface area contributed by atoms with E-state index in [-0.39, 0.29) is 17.5 Å². The van der Waals surface area contributed by atoms with Crippen molar-refractivity contribution in [2.45, 2.75) is 75.9 Å². The van der Waals surface area contributed by atoms with Gasteiger partial charge in [-0.05, 0) is 52.4 Å². The van der Waals surface area contributed by atoms with E-state index in [0.717, 1.165) is 42.2 Å². The van der Waals surface area contributed by atoms with Gasteiger partial charge < -0.3 is 4.98 Å². The molecule has 1 unspecified atom stereocenters. The Kier molecular flexibility index (Phi) is 4.15. The van der Waals surface area contributed by atoms with Crippen LogP contribution in [0.15, 0.2) is 16.4 Å². The highest BCUT2D eigenvalue weighted by Gasteiger charge is 2.37. The molecular formula is C20H24FN5OS. The molecule has 2 saturated carbocycles. The fraction of sp³-hybridized carbons (Fsp3) is 0.600. The van der Waals surface area contributed by atoms with Gasteiger partial charge >= 0.3 is 0 Å². The lowest BCUT2D eigenvalue weighted by molar-refractivity contribution is 0.103. The smallest absolute Gasteiger partial charge is 0.262 e. The van der Waals surface area contributed by atoms with Crippen LogP contribution < -0.4 is 5.56 Å². The van der Waals surface area contributed by atoms with E-state index in [0.29, 0.717) is 29.8 Å². The number of aromatic amines is 1. The van der Waals surface area contributed by atoms with Crippen LogP contribution in [0.5, 0.6) is 0 Å². The van der Waals surface area contributed by atoms with Crippen molar-refractivity contribution in [3.8, 4) is 0 Å². The summed E-state index contributed by atoms with van der Waals surface area (Å²) < 4.78 is 16.0. The normalized spacial score (nSPS) is 30.5. The first kappa shape index (κ1) is 18.0. The summed E-state index contributed by atoms with van der Waals surface area (Å²) in [5.41, 5.74) is 0.494. The Labute approximate surface area is 166 Å². The number of nitrogens with one attached hydrogen (secondary N) is 1. The van der Waals surface area contributed by atoms with Crippen molar-refractivity contribution >= 4 is 22.4 Å². The molecule has 0 amide bonds. The number of aromatic nitrogens is 5. The minimum Gasteiger partial charge on any atom is -0.310 e. The molecule has 6 nitrogen and oxygen atoms in total. The second-order valence-electron chi connectivity index (χ2n) is 8.50. The molecule has 0 radical (unpaired) electrons. The quantitative estimate of drug-likeness (QED) is 0.706. The number of aryl methyl sites for hydroxylation is 1. The van der Waals surface area contributed by atoms with Crippen LogP contribution in [0.1, 0.15) is 79.9 Å². The highest BCUT2D eigenvalue weighted by molar-refractivity contribution is 7.09. The first-order valence-corrected chi connectivity index (χ1v) is 10.9. The Morgan fingerprint density at radius 2 is 1.96 bits per heavy atom. The predicted molar refractivity (Wildman–Crippen MR) is 107 cm³/mol. The molecule has 0 bridgehead atoms. The summed E-state index contributed by atoms with van der Waals surface area (Å²) in [7, 11) is 0. The summed E-state index contributed by atoms with van der Waals surface area (Å²) in [6.45, 7) is 3.68. The van der Waals surface area contributed by atoms with E-state index in [4.69, 9.17) is 4.98 Å². The van der Waals surface area contributed by atoms with Gasteiger partial charge in [0.05, 0.1) is 22.9 Å². The minimum absolute atomic E-state index is 0.0989. The third-order valence-corrected chi connectivity index (χ3v) is 7.26. The summed E-state index contributed by atoms with van der Waals surface area (Å²) >= 11 is 1.66. The van der Waals surface area contributed by atoms with E-state index in [1.165, 1.54) is 0 Å². The Morgan fingerprint density at radius 3 is 2.61 bits per heavy atom. The lowest BCUT2D eigenvalue weighted by Crippen LogP contribution is -2.29. The molecule has 3 aromatic heterocycles. The van der Waals surface area contributed by atoms with E-state index >= 15 is 0 Å². The van der Waals surface area contributed by atoms with Gasteiger partial charge in [0.15, 0.2) is 5.65 Å². The maximum absolute atomic E-state index is 14.2. The molecule has 2 aliphatic carbocycles. The third kappa shape index (κ3) is 2.98. The van der Waals surface area contributed by atoms with Gasteiger partial charge in [-0.2, -0.15) is 5.10 Å². The van der Waals surface area contributed by atoms with Gasteiger partial charge in [-0.1, -0.05) is 0 Å². The number of hydrogen-bond acceptors (Lipinski definition) is 5. The molecule has 28 heavy (non-hydrogen) atoms. The SMILES string of the molecule is Cc1nc([C@H]2CCC2c2nc3c(cnn3C3CCC(C)(F)CC3)c(=O)[nH]2)cs1. The van der Waals surface area contributed by atoms with Crippen molar-refractivity contribution in [3.05, 3.63) is 38.5 Å². The molecule has 2 atom stereocenters. The van der Waals surface area contributed by atoms with Crippen LogP contribution in [0, 0.1) is 6.92 Å². The van der Waals surface area contributed by atoms with Crippen LogP contribution >= 0.6 is 11.3 Å². The highest BCUT2D eigenvalue weighted by Crippen LogP contribution is 2.48. The van der Waals surface area contributed by atoms with Gasteiger partial charge in [0.25, 0.3) is 5.56 Å². The maximum atomic E-state index is 14.2. The first-order valence-electron chi connectivity index (χ1n) is 10.00. The average molecular weight is 402 g/mol. The lowest BCUT2D eigenvalue weighted by atomic mass is 9.71. The van der Waals surface area contributed by atoms with Crippen LogP contribution in [-0.2, 0) is 0 Å². The molecule has 5 rings (SSSR count). The molecule has 3 heterocycles. The topological polar surface area (TPSA) is 76.5 Å². The van der Waals surface area contributed by atoms with Gasteiger partial charge in [0, 0.05) is 17.2 Å². The zero-order chi connectivity index (χ0) is 19.5. The molecule has 1 N–H and O–H groups in total. The summed E-state index contributed by atoms with van der Waals surface area (Å²) in [6.07, 6.45) is 6.12. The summed E-state index contributed by atoms with van der Waals surface area (Å²) in [6, 6.07) is 0.0989. The third-order valence-electron chi connectivity index (χ3n) is 6.47. The molecular weight excluding hydrogens is 377 g/mol. The van der Waals surface area contributed by atoms with Crippen LogP contribution in [0.3, 0.4) is 0 Å². The first-order chi connectivity index (χ1) is 13.4. The fourth-order valence-corrected chi connectivity index (χ4v) is 5.25. The number of halogens is 1. The van der Waals surface area contributed by atoms with E-state index in [1.54, 1.807) is 24.5 Å². The van der Waals surface area contributed by atoms with Gasteiger partial charge in [-0.25, -0.2) is 19.0 Å². The van der Waals surface area contributed by atoms with Crippen molar-refractivity contribution < 1.29 is 4.39 Å². The fourth-order valence-electron chi connectivity index (χ4n) is 4.58. The van der Waals surface area contributed by atoms with E-state index < -0.39 is 5.67 Å². The van der Waals surface area contributed by atoms with Crippen molar-refractivity contribution in [3.63, 3.8) is 0 Å². The zero-order valence-electron chi connectivity index (χ0n) is 16.1. The van der Waals surface area contributed by atoms with Crippen LogP contribution in [0.4, 0.5) is 4.39 Å². The second kappa shape index (κ2) is 6.47. The van der Waals surface area contributed by atoms with Gasteiger partial charge in [-0.15, -0.1) is 11.3 Å². The zero-order valence-corrected chi connectivity index (χ0v) is 16.9. The van der Waals surface area contributed by atoms with E-state index in [1.807, 2.05) is 11.6 Å². The Balaban J connectivity index is 1.49. The van der Waals surface area contributed by atoms with Crippen LogP contribution in [0.25, 0.3) is 11.0 Å². The highest BCUT2D eigenvalue weighted by atomic mass is 32.1. The lowest BCUT2D eigenvalue weighted by Gasteiger charge is -2.34. The molecule has 0 aromatic carbocycles. The number of hydrogen-bond donors (Lipinski definition) is 1. The van der Waals surface area contributed by atoms with Gasteiger partial charge in [-0.3, -0.25) is 4.79 Å². The Bertz CT molecular complexity index is 1070. The molecule has 3 aromatic rings. The largest absolute Gasteiger partial charge is 0.310 e. The summed E-state index contributed by atoms with van der Waals surface area (Å²) in [5.74, 6) is 1.22. The number of nitrogens with zero attached hydrogens (tertiary/aromatic N) is 4. The Morgan fingerprint density at radius 1 is 1.21 bits per heavy atom. The van der Waals surface area contributed by atoms with Gasteiger partial charge in [0.1, 0.15) is 16.9 Å². The van der Waals surface area contributed by atoms with Crippen molar-refractivity contribution in [1.82, 2.24) is 24.7 Å². The second-order valence-corrected chi connectivity index (χ2v) is 9.57. The molecule has 0 aliphatic heterocycles. The molecule has 148 valence electrons. The number of alkyl halides is 1. The molecule has 2 aliphatic rings. The van der Waals surface area contributed by atoms with Crippen molar-refractivity contribution in [2.75, 3.05) is 0 Å². The number of H-pyrrole nitrogens is 1. The number of thiazole rings is 1.